The van der Waals surface area contributed by atoms with Crippen LogP contribution in [0.1, 0.15) is 15.2 Å². The summed E-state index contributed by atoms with van der Waals surface area (Å²) in [5.41, 5.74) is -0.711. The van der Waals surface area contributed by atoms with Gasteiger partial charge in [-0.15, -0.1) is 34.9 Å². The topological polar surface area (TPSA) is 167 Å². The summed E-state index contributed by atoms with van der Waals surface area (Å²) in [6.07, 6.45) is 0.135. The van der Waals surface area contributed by atoms with E-state index in [1.165, 1.54) is 40.1 Å². The van der Waals surface area contributed by atoms with E-state index in [9.17, 15) is 39.5 Å². The van der Waals surface area contributed by atoms with Crippen LogP contribution in [-0.2, 0) is 20.8 Å². The van der Waals surface area contributed by atoms with Gasteiger partial charge in [0.15, 0.2) is 0 Å². The van der Waals surface area contributed by atoms with Gasteiger partial charge in [0, 0.05) is 27.3 Å². The van der Waals surface area contributed by atoms with Crippen molar-refractivity contribution in [2.75, 3.05) is 11.5 Å². The van der Waals surface area contributed by atoms with Crippen LogP contribution >= 0.6 is 34.9 Å². The van der Waals surface area contributed by atoms with Crippen LogP contribution in [0.4, 0.5) is 5.69 Å². The molecule has 2 aliphatic rings. The van der Waals surface area contributed by atoms with Crippen molar-refractivity contribution in [2.45, 2.75) is 22.7 Å². The quantitative estimate of drug-likeness (QED) is 0.188. The molecule has 0 spiro atoms. The standard InChI is InChI=1S/C21H17N3O8S3/c25-15(7-11-2-1-5-33-11)22-16-18(26)23-17(21(29)30)10(9-35-19(16)23)8-34-12-3-4-14(24(31)32)13(6-12)20(27)28/h1-6,16,19H,7-9H2,(H,22,25)(H,27,28)(H,29,30)/t16-,19?/m1/s1. The molecular weight excluding hydrogens is 518 g/mol. The molecule has 1 saturated heterocycles. The molecule has 3 N–H and O–H groups in total. The third kappa shape index (κ3) is 5.04. The minimum absolute atomic E-state index is 0.135. The van der Waals surface area contributed by atoms with Crippen molar-refractivity contribution in [2.24, 2.45) is 0 Å². The first-order valence-corrected chi connectivity index (χ1v) is 12.9. The van der Waals surface area contributed by atoms with Crippen LogP contribution < -0.4 is 5.32 Å². The molecule has 11 nitrogen and oxygen atoms in total. The fraction of sp³-hybridized carbons (Fsp3) is 0.238. The number of nitro benzene ring substituents is 1. The Bertz CT molecular complexity index is 1260. The normalized spacial score (nSPS) is 19.1. The summed E-state index contributed by atoms with van der Waals surface area (Å²) in [4.78, 5) is 61.1. The van der Waals surface area contributed by atoms with Crippen molar-refractivity contribution in [3.63, 3.8) is 0 Å². The number of aliphatic carboxylic acids is 1. The van der Waals surface area contributed by atoms with Crippen LogP contribution in [-0.4, -0.2) is 66.7 Å². The highest BCUT2D eigenvalue weighted by molar-refractivity contribution is 8.01. The number of aromatic carboxylic acids is 1. The highest BCUT2D eigenvalue weighted by Crippen LogP contribution is 2.42. The van der Waals surface area contributed by atoms with Crippen LogP contribution in [0.3, 0.4) is 0 Å². The maximum Gasteiger partial charge on any atom is 0.352 e. The number of hydrogen-bond acceptors (Lipinski definition) is 9. The first kappa shape index (κ1) is 24.8. The third-order valence-corrected chi connectivity index (χ3v) is 8.59. The van der Waals surface area contributed by atoms with E-state index in [-0.39, 0.29) is 23.8 Å². The van der Waals surface area contributed by atoms with E-state index in [1.54, 1.807) is 0 Å². The molecule has 0 bridgehead atoms. The number of carboxylic acid groups (broad SMARTS) is 2. The van der Waals surface area contributed by atoms with Crippen molar-refractivity contribution in [1.82, 2.24) is 10.2 Å². The number of carbonyl (C=O) groups excluding carboxylic acids is 2. The van der Waals surface area contributed by atoms with E-state index in [0.29, 0.717) is 16.2 Å². The SMILES string of the molecule is O=C(Cc1cccs1)N[C@@H]1C(=O)N2C(C(=O)O)=C(CSc3ccc([N+](=O)[O-])c(C(=O)O)c3)CSC12. The Balaban J connectivity index is 1.47. The predicted molar refractivity (Wildman–Crippen MR) is 128 cm³/mol. The number of nitrogens with one attached hydrogen (secondary N) is 1. The van der Waals surface area contributed by atoms with Gasteiger partial charge in [-0.25, -0.2) is 9.59 Å². The van der Waals surface area contributed by atoms with E-state index in [2.05, 4.69) is 5.32 Å². The number of β-lactam (4-membered cyclic amide) rings is 1. The molecule has 2 atom stereocenters. The minimum atomic E-state index is -1.45. The number of hydrogen-bond donors (Lipinski definition) is 3. The zero-order valence-corrected chi connectivity index (χ0v) is 20.2. The average molecular weight is 536 g/mol. The van der Waals surface area contributed by atoms with E-state index >= 15 is 0 Å². The number of carboxylic acids is 2. The molecule has 0 radical (unpaired) electrons. The van der Waals surface area contributed by atoms with Crippen LogP contribution in [0.15, 0.2) is 51.9 Å². The predicted octanol–water partition coefficient (Wildman–Crippen LogP) is 2.43. The largest absolute Gasteiger partial charge is 0.477 e. The van der Waals surface area contributed by atoms with Crippen LogP contribution in [0.5, 0.6) is 0 Å². The smallest absolute Gasteiger partial charge is 0.352 e. The Morgan fingerprint density at radius 2 is 2.00 bits per heavy atom. The number of rotatable bonds is 9. The summed E-state index contributed by atoms with van der Waals surface area (Å²) >= 11 is 3.87. The molecule has 2 amide bonds. The maximum absolute atomic E-state index is 12.8. The lowest BCUT2D eigenvalue weighted by Crippen LogP contribution is -2.70. The van der Waals surface area contributed by atoms with Crippen molar-refractivity contribution >= 4 is 64.3 Å². The van der Waals surface area contributed by atoms with Gasteiger partial charge in [-0.2, -0.15) is 0 Å². The Hall–Kier alpha value is -3.36. The number of nitrogens with zero attached hydrogens (tertiary/aromatic N) is 2. The number of nitro groups is 1. The molecule has 1 aromatic carbocycles. The summed E-state index contributed by atoms with van der Waals surface area (Å²) in [7, 11) is 0. The van der Waals surface area contributed by atoms with Gasteiger partial charge in [-0.1, -0.05) is 6.07 Å². The van der Waals surface area contributed by atoms with Crippen LogP contribution in [0, 0.1) is 10.1 Å². The van der Waals surface area contributed by atoms with Crippen molar-refractivity contribution in [3.05, 3.63) is 67.5 Å². The molecule has 182 valence electrons. The molecule has 2 aromatic rings. The second-order valence-corrected chi connectivity index (χ2v) is 10.7. The molecule has 14 heteroatoms. The number of thiophene rings is 1. The van der Waals surface area contributed by atoms with E-state index in [0.717, 1.165) is 22.7 Å². The molecule has 1 aromatic heterocycles. The van der Waals surface area contributed by atoms with E-state index < -0.39 is 45.4 Å². The summed E-state index contributed by atoms with van der Waals surface area (Å²) in [5, 5.41) is 34.1. The molecule has 35 heavy (non-hydrogen) atoms. The summed E-state index contributed by atoms with van der Waals surface area (Å²) in [6.45, 7) is 0. The first-order chi connectivity index (χ1) is 16.7. The fourth-order valence-electron chi connectivity index (χ4n) is 3.70. The van der Waals surface area contributed by atoms with Crippen molar-refractivity contribution in [3.8, 4) is 0 Å². The van der Waals surface area contributed by atoms with Gasteiger partial charge in [0.2, 0.25) is 5.91 Å². The van der Waals surface area contributed by atoms with Crippen LogP contribution in [0.2, 0.25) is 0 Å². The lowest BCUT2D eigenvalue weighted by molar-refractivity contribution is -0.385. The Morgan fingerprint density at radius 1 is 1.23 bits per heavy atom. The van der Waals surface area contributed by atoms with Gasteiger partial charge in [0.1, 0.15) is 22.7 Å². The number of benzene rings is 1. The van der Waals surface area contributed by atoms with Gasteiger partial charge >= 0.3 is 11.9 Å². The van der Waals surface area contributed by atoms with Crippen molar-refractivity contribution < 1.29 is 34.3 Å². The summed E-state index contributed by atoms with van der Waals surface area (Å²) < 4.78 is 0. The average Bonchev–Trinajstić information content (AvgIpc) is 3.32. The van der Waals surface area contributed by atoms with Crippen molar-refractivity contribution in [1.29, 1.82) is 0 Å². The summed E-state index contributed by atoms with van der Waals surface area (Å²) in [6, 6.07) is 6.47. The number of thioether (sulfide) groups is 2. The zero-order valence-electron chi connectivity index (χ0n) is 17.7. The Kier molecular flexibility index (Phi) is 7.14. The number of fused-ring (bicyclic) bond motifs is 1. The molecule has 4 rings (SSSR count). The summed E-state index contributed by atoms with van der Waals surface area (Å²) in [5.74, 6) is -3.13. The van der Waals surface area contributed by atoms with Gasteiger partial charge < -0.3 is 15.5 Å². The fourth-order valence-corrected chi connectivity index (χ4v) is 6.82. The lowest BCUT2D eigenvalue weighted by atomic mass is 10.0. The molecule has 0 saturated carbocycles. The highest BCUT2D eigenvalue weighted by atomic mass is 32.2. The monoisotopic (exact) mass is 535 g/mol. The van der Waals surface area contributed by atoms with Gasteiger partial charge in [0.05, 0.1) is 11.3 Å². The molecular formula is C21H17N3O8S3. The molecule has 2 aliphatic heterocycles. The molecule has 1 unspecified atom stereocenters. The number of amides is 2. The van der Waals surface area contributed by atoms with Gasteiger partial charge in [-0.05, 0) is 29.2 Å². The Morgan fingerprint density at radius 3 is 2.63 bits per heavy atom. The van der Waals surface area contributed by atoms with Gasteiger partial charge in [0.25, 0.3) is 11.6 Å². The lowest BCUT2D eigenvalue weighted by Gasteiger charge is -2.49. The Labute approximate surface area is 210 Å². The van der Waals surface area contributed by atoms with Crippen LogP contribution in [0.25, 0.3) is 0 Å². The molecule has 3 heterocycles. The molecule has 1 fully saturated rings. The maximum atomic E-state index is 12.8. The molecule has 0 aliphatic carbocycles. The second-order valence-electron chi connectivity index (χ2n) is 7.50. The van der Waals surface area contributed by atoms with Gasteiger partial charge in [-0.3, -0.25) is 24.6 Å². The highest BCUT2D eigenvalue weighted by Gasteiger charge is 2.54. The minimum Gasteiger partial charge on any atom is -0.477 e. The van der Waals surface area contributed by atoms with E-state index in [1.807, 2.05) is 17.5 Å². The zero-order chi connectivity index (χ0) is 25.3. The first-order valence-electron chi connectivity index (χ1n) is 10.0. The van der Waals surface area contributed by atoms with E-state index in [4.69, 9.17) is 0 Å². The third-order valence-electron chi connectivity index (χ3n) is 5.29. The second kappa shape index (κ2) is 10.1. The number of carbonyl (C=O) groups is 4.